The van der Waals surface area contributed by atoms with Crippen LogP contribution >= 0.6 is 0 Å². The highest BCUT2D eigenvalue weighted by Gasteiger charge is 2.29. The average Bonchev–Trinajstić information content (AvgIpc) is 3.55. The SMILES string of the molecule is O=C(COC(=O)/C=C/C(=O)N1CCN(S(=O)(=O)c2ccccc2)CC1)NC1CC1. The zero-order valence-corrected chi connectivity index (χ0v) is 16.6. The summed E-state index contributed by atoms with van der Waals surface area (Å²) in [7, 11) is -3.59. The van der Waals surface area contributed by atoms with Crippen LogP contribution in [0.25, 0.3) is 0 Å². The van der Waals surface area contributed by atoms with Gasteiger partial charge in [-0.2, -0.15) is 4.31 Å². The first-order chi connectivity index (χ1) is 13.9. The number of nitrogens with zero attached hydrogens (tertiary/aromatic N) is 2. The van der Waals surface area contributed by atoms with Gasteiger partial charge in [-0.1, -0.05) is 18.2 Å². The third kappa shape index (κ3) is 5.88. The molecular weight excluding hydrogens is 398 g/mol. The third-order valence-corrected chi connectivity index (χ3v) is 6.49. The Bertz CT molecular complexity index is 888. The minimum Gasteiger partial charge on any atom is -0.452 e. The Morgan fingerprint density at radius 2 is 1.69 bits per heavy atom. The Morgan fingerprint density at radius 1 is 1.03 bits per heavy atom. The average molecular weight is 421 g/mol. The normalized spacial score (nSPS) is 17.9. The van der Waals surface area contributed by atoms with Gasteiger partial charge in [0.05, 0.1) is 4.90 Å². The van der Waals surface area contributed by atoms with Gasteiger partial charge in [-0.3, -0.25) is 9.59 Å². The van der Waals surface area contributed by atoms with Crippen LogP contribution in [-0.4, -0.2) is 74.2 Å². The summed E-state index contributed by atoms with van der Waals surface area (Å²) in [5, 5.41) is 2.68. The summed E-state index contributed by atoms with van der Waals surface area (Å²) in [4.78, 5) is 37.0. The highest BCUT2D eigenvalue weighted by molar-refractivity contribution is 7.89. The predicted octanol–water partition coefficient (Wildman–Crippen LogP) is -0.102. The summed E-state index contributed by atoms with van der Waals surface area (Å²) in [6.45, 7) is 0.386. The van der Waals surface area contributed by atoms with Crippen LogP contribution in [0, 0.1) is 0 Å². The van der Waals surface area contributed by atoms with Crippen molar-refractivity contribution in [3.8, 4) is 0 Å². The van der Waals surface area contributed by atoms with Gasteiger partial charge in [0, 0.05) is 44.4 Å². The lowest BCUT2D eigenvalue weighted by atomic mass is 10.3. The van der Waals surface area contributed by atoms with Gasteiger partial charge < -0.3 is 15.0 Å². The van der Waals surface area contributed by atoms with Crippen LogP contribution in [0.2, 0.25) is 0 Å². The number of ether oxygens (including phenoxy) is 1. The second-order valence-corrected chi connectivity index (χ2v) is 8.76. The van der Waals surface area contributed by atoms with Crippen molar-refractivity contribution >= 4 is 27.8 Å². The number of benzene rings is 1. The molecule has 0 radical (unpaired) electrons. The van der Waals surface area contributed by atoms with Crippen LogP contribution in [0.15, 0.2) is 47.4 Å². The van der Waals surface area contributed by atoms with Gasteiger partial charge in [0.2, 0.25) is 15.9 Å². The maximum absolute atomic E-state index is 12.6. The molecule has 0 aromatic heterocycles. The number of sulfonamides is 1. The number of nitrogens with one attached hydrogen (secondary N) is 1. The summed E-state index contributed by atoms with van der Waals surface area (Å²) in [6.07, 6.45) is 3.92. The maximum Gasteiger partial charge on any atom is 0.331 e. The fourth-order valence-electron chi connectivity index (χ4n) is 2.82. The molecule has 1 aliphatic heterocycles. The Morgan fingerprint density at radius 3 is 2.31 bits per heavy atom. The fraction of sp³-hybridized carbons (Fsp3) is 0.421. The van der Waals surface area contributed by atoms with Crippen molar-refractivity contribution in [2.24, 2.45) is 0 Å². The molecule has 10 heteroatoms. The topological polar surface area (TPSA) is 113 Å². The lowest BCUT2D eigenvalue weighted by molar-refractivity contribution is -0.144. The van der Waals surface area contributed by atoms with Gasteiger partial charge in [-0.05, 0) is 25.0 Å². The van der Waals surface area contributed by atoms with Gasteiger partial charge in [0.1, 0.15) is 0 Å². The standard InChI is InChI=1S/C19H23N3O6S/c23-17(20-15-6-7-15)14-28-19(25)9-8-18(24)21-10-12-22(13-11-21)29(26,27)16-4-2-1-3-5-16/h1-5,8-9,15H,6-7,10-14H2,(H,20,23)/b9-8+. The smallest absolute Gasteiger partial charge is 0.331 e. The first-order valence-corrected chi connectivity index (χ1v) is 10.8. The summed E-state index contributed by atoms with van der Waals surface area (Å²) in [5.74, 6) is -1.56. The molecule has 1 heterocycles. The number of hydrogen-bond donors (Lipinski definition) is 1. The molecule has 1 aromatic carbocycles. The quantitative estimate of drug-likeness (QED) is 0.486. The molecule has 2 aliphatic rings. The molecule has 1 aromatic rings. The summed E-state index contributed by atoms with van der Waals surface area (Å²) >= 11 is 0. The molecule has 1 aliphatic carbocycles. The Labute approximate surface area is 169 Å². The van der Waals surface area contributed by atoms with Crippen LogP contribution in [0.1, 0.15) is 12.8 Å². The second-order valence-electron chi connectivity index (χ2n) is 6.83. The van der Waals surface area contributed by atoms with Crippen molar-refractivity contribution in [2.45, 2.75) is 23.8 Å². The van der Waals surface area contributed by atoms with Gasteiger partial charge in [0.25, 0.3) is 5.91 Å². The molecule has 3 rings (SSSR count). The largest absolute Gasteiger partial charge is 0.452 e. The highest BCUT2D eigenvalue weighted by Crippen LogP contribution is 2.18. The zero-order valence-electron chi connectivity index (χ0n) is 15.8. The first kappa shape index (κ1) is 21.0. The van der Waals surface area contributed by atoms with Crippen LogP contribution in [-0.2, 0) is 29.1 Å². The van der Waals surface area contributed by atoms with Crippen molar-refractivity contribution in [3.05, 3.63) is 42.5 Å². The van der Waals surface area contributed by atoms with Gasteiger partial charge in [-0.25, -0.2) is 13.2 Å². The highest BCUT2D eigenvalue weighted by atomic mass is 32.2. The van der Waals surface area contributed by atoms with E-state index < -0.39 is 21.9 Å². The second kappa shape index (κ2) is 9.19. The molecule has 2 fully saturated rings. The fourth-order valence-corrected chi connectivity index (χ4v) is 4.26. The van der Waals surface area contributed by atoms with E-state index in [1.54, 1.807) is 18.2 Å². The number of hydrogen-bond acceptors (Lipinski definition) is 6. The molecule has 9 nitrogen and oxygen atoms in total. The molecule has 1 saturated heterocycles. The summed E-state index contributed by atoms with van der Waals surface area (Å²) < 4.78 is 31.3. The van der Waals surface area contributed by atoms with Crippen LogP contribution in [0.3, 0.4) is 0 Å². The van der Waals surface area contributed by atoms with Gasteiger partial charge in [0.15, 0.2) is 6.61 Å². The van der Waals surface area contributed by atoms with Crippen LogP contribution < -0.4 is 5.32 Å². The van der Waals surface area contributed by atoms with E-state index in [4.69, 9.17) is 4.74 Å². The van der Waals surface area contributed by atoms with E-state index in [1.165, 1.54) is 21.3 Å². The van der Waals surface area contributed by atoms with Crippen molar-refractivity contribution < 1.29 is 27.5 Å². The number of amides is 2. The van der Waals surface area contributed by atoms with E-state index >= 15 is 0 Å². The lowest BCUT2D eigenvalue weighted by Gasteiger charge is -2.33. The number of rotatable bonds is 7. The van der Waals surface area contributed by atoms with E-state index in [0.29, 0.717) is 0 Å². The summed E-state index contributed by atoms with van der Waals surface area (Å²) in [5.41, 5.74) is 0. The Kier molecular flexibility index (Phi) is 6.65. The summed E-state index contributed by atoms with van der Waals surface area (Å²) in [6, 6.07) is 8.31. The third-order valence-electron chi connectivity index (χ3n) is 4.58. The molecule has 156 valence electrons. The molecule has 1 saturated carbocycles. The van der Waals surface area contributed by atoms with Crippen molar-refractivity contribution in [3.63, 3.8) is 0 Å². The van der Waals surface area contributed by atoms with Crippen molar-refractivity contribution in [1.29, 1.82) is 0 Å². The molecule has 0 atom stereocenters. The molecule has 0 unspecified atom stereocenters. The minimum atomic E-state index is -3.59. The molecule has 1 N–H and O–H groups in total. The van der Waals surface area contributed by atoms with Gasteiger partial charge >= 0.3 is 5.97 Å². The molecule has 0 spiro atoms. The molecular formula is C19H23N3O6S. The monoisotopic (exact) mass is 421 g/mol. The maximum atomic E-state index is 12.6. The molecule has 0 bridgehead atoms. The van der Waals surface area contributed by atoms with Crippen LogP contribution in [0.4, 0.5) is 0 Å². The number of piperazine rings is 1. The van der Waals surface area contributed by atoms with Crippen LogP contribution in [0.5, 0.6) is 0 Å². The first-order valence-electron chi connectivity index (χ1n) is 9.34. The minimum absolute atomic E-state index is 0.169. The molecule has 29 heavy (non-hydrogen) atoms. The zero-order chi connectivity index (χ0) is 20.9. The lowest BCUT2D eigenvalue weighted by Crippen LogP contribution is -2.50. The Hall–Kier alpha value is -2.72. The predicted molar refractivity (Wildman–Crippen MR) is 103 cm³/mol. The van der Waals surface area contributed by atoms with E-state index in [0.717, 1.165) is 25.0 Å². The van der Waals surface area contributed by atoms with E-state index in [-0.39, 0.29) is 49.6 Å². The van der Waals surface area contributed by atoms with Crippen molar-refractivity contribution in [2.75, 3.05) is 32.8 Å². The number of carbonyl (C=O) groups excluding carboxylic acids is 3. The van der Waals surface area contributed by atoms with Gasteiger partial charge in [-0.15, -0.1) is 0 Å². The number of carbonyl (C=O) groups is 3. The number of esters is 1. The van der Waals surface area contributed by atoms with E-state index in [1.807, 2.05) is 0 Å². The van der Waals surface area contributed by atoms with Crippen molar-refractivity contribution in [1.82, 2.24) is 14.5 Å². The Balaban J connectivity index is 1.44. The van der Waals surface area contributed by atoms with E-state index in [9.17, 15) is 22.8 Å². The van der Waals surface area contributed by atoms with E-state index in [2.05, 4.69) is 5.32 Å². The molecule has 2 amide bonds.